The lowest BCUT2D eigenvalue weighted by molar-refractivity contribution is -0.137. The highest BCUT2D eigenvalue weighted by atomic mass is 19.4. The summed E-state index contributed by atoms with van der Waals surface area (Å²) in [5.74, 6) is -1.49. The van der Waals surface area contributed by atoms with Gasteiger partial charge in [0.2, 0.25) is 0 Å². The van der Waals surface area contributed by atoms with Crippen molar-refractivity contribution in [2.45, 2.75) is 39.1 Å². The summed E-state index contributed by atoms with van der Waals surface area (Å²) in [6, 6.07) is 3.72. The summed E-state index contributed by atoms with van der Waals surface area (Å²) in [7, 11) is 0. The van der Waals surface area contributed by atoms with Crippen LogP contribution in [0.15, 0.2) is 24.3 Å². The Kier molecular flexibility index (Phi) is 5.34. The van der Waals surface area contributed by atoms with Crippen molar-refractivity contribution < 1.29 is 27.5 Å². The summed E-state index contributed by atoms with van der Waals surface area (Å²) < 4.78 is 42.5. The molecule has 1 amide bonds. The van der Waals surface area contributed by atoms with Gasteiger partial charge in [0.05, 0.1) is 11.1 Å². The van der Waals surface area contributed by atoms with Crippen molar-refractivity contribution in [1.82, 2.24) is 5.32 Å². The third-order valence-corrected chi connectivity index (χ3v) is 2.51. The number of rotatable bonds is 4. The molecule has 1 aromatic rings. The molecule has 1 atom stereocenters. The standard InChI is InChI=1S/C14H16F3NO3/c1-8(2)18-12(19)9(3)21-13(20)10-5-4-6-11(7-10)14(15,16)17/h4-9H,1-3H3,(H,18,19). The summed E-state index contributed by atoms with van der Waals surface area (Å²) in [6.07, 6.45) is -5.63. The summed E-state index contributed by atoms with van der Waals surface area (Å²) in [5.41, 5.74) is -1.20. The van der Waals surface area contributed by atoms with E-state index in [2.05, 4.69) is 5.32 Å². The molecule has 1 aromatic carbocycles. The molecule has 0 saturated heterocycles. The predicted octanol–water partition coefficient (Wildman–Crippen LogP) is 2.78. The molecule has 1 unspecified atom stereocenters. The van der Waals surface area contributed by atoms with Gasteiger partial charge in [0.25, 0.3) is 5.91 Å². The minimum absolute atomic E-state index is 0.132. The van der Waals surface area contributed by atoms with Crippen molar-refractivity contribution in [3.8, 4) is 0 Å². The van der Waals surface area contributed by atoms with Crippen LogP contribution in [0, 0.1) is 0 Å². The molecule has 7 heteroatoms. The van der Waals surface area contributed by atoms with E-state index in [9.17, 15) is 22.8 Å². The Morgan fingerprint density at radius 3 is 2.33 bits per heavy atom. The van der Waals surface area contributed by atoms with E-state index in [-0.39, 0.29) is 11.6 Å². The third-order valence-electron chi connectivity index (χ3n) is 2.51. The normalized spacial score (nSPS) is 12.9. The van der Waals surface area contributed by atoms with Gasteiger partial charge in [-0.1, -0.05) is 6.07 Å². The van der Waals surface area contributed by atoms with Gasteiger partial charge in [-0.2, -0.15) is 13.2 Å². The van der Waals surface area contributed by atoms with Gasteiger partial charge in [-0.25, -0.2) is 4.79 Å². The van der Waals surface area contributed by atoms with Crippen LogP contribution in [0.1, 0.15) is 36.7 Å². The zero-order valence-electron chi connectivity index (χ0n) is 11.8. The average molecular weight is 303 g/mol. The first kappa shape index (κ1) is 17.0. The van der Waals surface area contributed by atoms with E-state index in [4.69, 9.17) is 4.74 Å². The first-order valence-electron chi connectivity index (χ1n) is 6.30. The Labute approximate surface area is 120 Å². The molecular weight excluding hydrogens is 287 g/mol. The number of esters is 1. The van der Waals surface area contributed by atoms with E-state index in [0.717, 1.165) is 12.1 Å². The van der Waals surface area contributed by atoms with E-state index in [1.165, 1.54) is 13.0 Å². The van der Waals surface area contributed by atoms with Crippen molar-refractivity contribution in [3.63, 3.8) is 0 Å². The van der Waals surface area contributed by atoms with Crippen LogP contribution in [-0.2, 0) is 15.7 Å². The maximum Gasteiger partial charge on any atom is 0.416 e. The van der Waals surface area contributed by atoms with Gasteiger partial charge in [-0.05, 0) is 39.0 Å². The number of ether oxygens (including phenoxy) is 1. The first-order valence-corrected chi connectivity index (χ1v) is 6.30. The lowest BCUT2D eigenvalue weighted by Gasteiger charge is -2.15. The number of amides is 1. The van der Waals surface area contributed by atoms with Crippen molar-refractivity contribution in [3.05, 3.63) is 35.4 Å². The van der Waals surface area contributed by atoms with Crippen LogP contribution in [0.3, 0.4) is 0 Å². The van der Waals surface area contributed by atoms with Gasteiger partial charge in [-0.15, -0.1) is 0 Å². The summed E-state index contributed by atoms with van der Waals surface area (Å²) in [5, 5.41) is 2.54. The first-order chi connectivity index (χ1) is 9.61. The molecule has 4 nitrogen and oxygen atoms in total. The molecule has 0 fully saturated rings. The SMILES string of the molecule is CC(C)NC(=O)C(C)OC(=O)c1cccc(C(F)(F)F)c1. The van der Waals surface area contributed by atoms with Crippen LogP contribution >= 0.6 is 0 Å². The predicted molar refractivity (Wildman–Crippen MR) is 69.6 cm³/mol. The number of carbonyl (C=O) groups excluding carboxylic acids is 2. The molecular formula is C14H16F3NO3. The smallest absolute Gasteiger partial charge is 0.416 e. The Bertz CT molecular complexity index is 526. The molecule has 0 saturated carbocycles. The second-order valence-corrected chi connectivity index (χ2v) is 4.79. The fourth-order valence-corrected chi connectivity index (χ4v) is 1.51. The minimum atomic E-state index is -4.54. The van der Waals surface area contributed by atoms with Crippen molar-refractivity contribution >= 4 is 11.9 Å². The second kappa shape index (κ2) is 6.60. The highest BCUT2D eigenvalue weighted by molar-refractivity contribution is 5.92. The summed E-state index contributed by atoms with van der Waals surface area (Å²) >= 11 is 0. The van der Waals surface area contributed by atoms with Gasteiger partial charge >= 0.3 is 12.1 Å². The van der Waals surface area contributed by atoms with Crippen LogP contribution < -0.4 is 5.32 Å². The van der Waals surface area contributed by atoms with E-state index in [0.29, 0.717) is 6.07 Å². The molecule has 0 aliphatic rings. The largest absolute Gasteiger partial charge is 0.449 e. The van der Waals surface area contributed by atoms with Gasteiger partial charge < -0.3 is 10.1 Å². The molecule has 0 heterocycles. The molecule has 0 bridgehead atoms. The molecule has 116 valence electrons. The molecule has 1 rings (SSSR count). The van der Waals surface area contributed by atoms with E-state index < -0.39 is 29.7 Å². The van der Waals surface area contributed by atoms with E-state index >= 15 is 0 Å². The number of nitrogens with one attached hydrogen (secondary N) is 1. The Balaban J connectivity index is 2.78. The Morgan fingerprint density at radius 2 is 1.81 bits per heavy atom. The van der Waals surface area contributed by atoms with Crippen LogP contribution in [0.2, 0.25) is 0 Å². The Hall–Kier alpha value is -2.05. The number of alkyl halides is 3. The van der Waals surface area contributed by atoms with E-state index in [1.807, 2.05) is 0 Å². The molecule has 0 aromatic heterocycles. The lowest BCUT2D eigenvalue weighted by atomic mass is 10.1. The van der Waals surface area contributed by atoms with Crippen LogP contribution in [0.5, 0.6) is 0 Å². The Morgan fingerprint density at radius 1 is 1.19 bits per heavy atom. The van der Waals surface area contributed by atoms with Gasteiger partial charge in [0.15, 0.2) is 6.10 Å². The molecule has 0 aliphatic heterocycles. The number of halogens is 3. The number of carbonyl (C=O) groups is 2. The van der Waals surface area contributed by atoms with Crippen LogP contribution in [0.25, 0.3) is 0 Å². The second-order valence-electron chi connectivity index (χ2n) is 4.79. The maximum atomic E-state index is 12.5. The summed E-state index contributed by atoms with van der Waals surface area (Å²) in [4.78, 5) is 23.3. The van der Waals surface area contributed by atoms with Crippen LogP contribution in [-0.4, -0.2) is 24.0 Å². The number of benzene rings is 1. The molecule has 21 heavy (non-hydrogen) atoms. The van der Waals surface area contributed by atoms with Gasteiger partial charge in [-0.3, -0.25) is 4.79 Å². The van der Waals surface area contributed by atoms with E-state index in [1.54, 1.807) is 13.8 Å². The zero-order valence-corrected chi connectivity index (χ0v) is 11.8. The molecule has 0 spiro atoms. The third kappa shape index (κ3) is 5.09. The zero-order chi connectivity index (χ0) is 16.2. The highest BCUT2D eigenvalue weighted by Gasteiger charge is 2.31. The van der Waals surface area contributed by atoms with Crippen LogP contribution in [0.4, 0.5) is 13.2 Å². The summed E-state index contributed by atoms with van der Waals surface area (Å²) in [6.45, 7) is 4.82. The average Bonchev–Trinajstić information content (AvgIpc) is 2.37. The van der Waals surface area contributed by atoms with Crippen molar-refractivity contribution in [2.75, 3.05) is 0 Å². The van der Waals surface area contributed by atoms with Crippen molar-refractivity contribution in [2.24, 2.45) is 0 Å². The van der Waals surface area contributed by atoms with Gasteiger partial charge in [0, 0.05) is 6.04 Å². The van der Waals surface area contributed by atoms with Gasteiger partial charge in [0.1, 0.15) is 0 Å². The minimum Gasteiger partial charge on any atom is -0.449 e. The molecule has 0 radical (unpaired) electrons. The number of hydrogen-bond acceptors (Lipinski definition) is 3. The maximum absolute atomic E-state index is 12.5. The quantitative estimate of drug-likeness (QED) is 0.870. The topological polar surface area (TPSA) is 55.4 Å². The lowest BCUT2D eigenvalue weighted by Crippen LogP contribution is -2.39. The molecule has 0 aliphatic carbocycles. The number of hydrogen-bond donors (Lipinski definition) is 1. The fraction of sp³-hybridized carbons (Fsp3) is 0.429. The fourth-order valence-electron chi connectivity index (χ4n) is 1.51. The monoisotopic (exact) mass is 303 g/mol. The highest BCUT2D eigenvalue weighted by Crippen LogP contribution is 2.29. The molecule has 1 N–H and O–H groups in total. The van der Waals surface area contributed by atoms with Crippen molar-refractivity contribution in [1.29, 1.82) is 0 Å².